The lowest BCUT2D eigenvalue weighted by Gasteiger charge is -2.07. The number of sulfonamides is 1. The Balaban J connectivity index is 0.00000256. The van der Waals surface area contributed by atoms with Crippen LogP contribution in [0.3, 0.4) is 0 Å². The molecule has 0 radical (unpaired) electrons. The number of benzene rings is 1. The van der Waals surface area contributed by atoms with Crippen LogP contribution in [-0.2, 0) is 10.0 Å². The molecule has 0 saturated carbocycles. The fourth-order valence-electron chi connectivity index (χ4n) is 1.07. The SMILES string of the molecule is CNCCNS(=O)(=O)c1cc(Cl)ccc1F.Cl. The summed E-state index contributed by atoms with van der Waals surface area (Å²) in [5.41, 5.74) is 0. The van der Waals surface area contributed by atoms with Crippen molar-refractivity contribution in [2.45, 2.75) is 4.90 Å². The van der Waals surface area contributed by atoms with Crippen LogP contribution < -0.4 is 10.0 Å². The number of nitrogens with one attached hydrogen (secondary N) is 2. The van der Waals surface area contributed by atoms with Gasteiger partial charge in [0.15, 0.2) is 0 Å². The minimum absolute atomic E-state index is 0. The van der Waals surface area contributed by atoms with Crippen LogP contribution in [0.2, 0.25) is 5.02 Å². The van der Waals surface area contributed by atoms with Crippen LogP contribution >= 0.6 is 24.0 Å². The molecule has 0 heterocycles. The molecule has 1 rings (SSSR count). The van der Waals surface area contributed by atoms with Crippen molar-refractivity contribution in [2.24, 2.45) is 0 Å². The largest absolute Gasteiger partial charge is 0.318 e. The number of halogens is 3. The van der Waals surface area contributed by atoms with Gasteiger partial charge in [-0.15, -0.1) is 12.4 Å². The Morgan fingerprint density at radius 3 is 2.59 bits per heavy atom. The number of hydrogen-bond donors (Lipinski definition) is 2. The molecule has 0 fully saturated rings. The van der Waals surface area contributed by atoms with E-state index in [9.17, 15) is 12.8 Å². The lowest BCUT2D eigenvalue weighted by molar-refractivity contribution is 0.556. The first-order chi connectivity index (χ1) is 7.47. The minimum atomic E-state index is -3.84. The second kappa shape index (κ2) is 7.13. The molecule has 8 heteroatoms. The maximum atomic E-state index is 13.3. The average molecular weight is 303 g/mol. The Morgan fingerprint density at radius 2 is 2.00 bits per heavy atom. The minimum Gasteiger partial charge on any atom is -0.318 e. The fourth-order valence-corrected chi connectivity index (χ4v) is 2.44. The van der Waals surface area contributed by atoms with Crippen molar-refractivity contribution in [3.8, 4) is 0 Å². The van der Waals surface area contributed by atoms with E-state index >= 15 is 0 Å². The normalized spacial score (nSPS) is 11.0. The molecule has 0 atom stereocenters. The van der Waals surface area contributed by atoms with Crippen LogP contribution in [0.15, 0.2) is 23.1 Å². The van der Waals surface area contributed by atoms with Gasteiger partial charge in [-0.1, -0.05) is 11.6 Å². The van der Waals surface area contributed by atoms with Crippen LogP contribution in [0.4, 0.5) is 4.39 Å². The molecule has 0 saturated heterocycles. The molecule has 4 nitrogen and oxygen atoms in total. The summed E-state index contributed by atoms with van der Waals surface area (Å²) in [6, 6.07) is 3.40. The number of hydrogen-bond acceptors (Lipinski definition) is 3. The summed E-state index contributed by atoms with van der Waals surface area (Å²) in [4.78, 5) is -0.434. The van der Waals surface area contributed by atoms with Gasteiger partial charge in [0.25, 0.3) is 0 Å². The van der Waals surface area contributed by atoms with Gasteiger partial charge >= 0.3 is 0 Å². The third-order valence-corrected chi connectivity index (χ3v) is 3.56. The van der Waals surface area contributed by atoms with Crippen LogP contribution in [0.1, 0.15) is 0 Å². The van der Waals surface area contributed by atoms with E-state index in [1.165, 1.54) is 6.07 Å². The summed E-state index contributed by atoms with van der Waals surface area (Å²) in [7, 11) is -2.15. The molecule has 0 aliphatic rings. The van der Waals surface area contributed by atoms with E-state index < -0.39 is 20.7 Å². The lowest BCUT2D eigenvalue weighted by Crippen LogP contribution is -2.31. The first-order valence-electron chi connectivity index (χ1n) is 4.56. The Morgan fingerprint density at radius 1 is 1.35 bits per heavy atom. The zero-order valence-electron chi connectivity index (χ0n) is 9.04. The van der Waals surface area contributed by atoms with Crippen LogP contribution in [0, 0.1) is 5.82 Å². The van der Waals surface area contributed by atoms with Gasteiger partial charge in [-0.3, -0.25) is 0 Å². The fraction of sp³-hybridized carbons (Fsp3) is 0.333. The summed E-state index contributed by atoms with van der Waals surface area (Å²) >= 11 is 5.61. The predicted octanol–water partition coefficient (Wildman–Crippen LogP) is 1.40. The van der Waals surface area contributed by atoms with Crippen molar-refractivity contribution in [1.29, 1.82) is 0 Å². The van der Waals surface area contributed by atoms with Gasteiger partial charge < -0.3 is 5.32 Å². The molecule has 0 amide bonds. The highest BCUT2D eigenvalue weighted by Gasteiger charge is 2.18. The second-order valence-electron chi connectivity index (χ2n) is 3.08. The van der Waals surface area contributed by atoms with Gasteiger partial charge in [-0.2, -0.15) is 0 Å². The Hall–Kier alpha value is -0.400. The van der Waals surface area contributed by atoms with Gasteiger partial charge in [0.05, 0.1) is 0 Å². The van der Waals surface area contributed by atoms with Crippen LogP contribution in [0.25, 0.3) is 0 Å². The van der Waals surface area contributed by atoms with Crippen molar-refractivity contribution < 1.29 is 12.8 Å². The van der Waals surface area contributed by atoms with E-state index in [2.05, 4.69) is 10.0 Å². The molecule has 0 aliphatic heterocycles. The van der Waals surface area contributed by atoms with E-state index in [1.807, 2.05) is 0 Å². The lowest BCUT2D eigenvalue weighted by atomic mass is 10.3. The van der Waals surface area contributed by atoms with Gasteiger partial charge in [0.1, 0.15) is 10.7 Å². The maximum absolute atomic E-state index is 13.3. The topological polar surface area (TPSA) is 58.2 Å². The Labute approximate surface area is 111 Å². The van der Waals surface area contributed by atoms with Gasteiger partial charge in [0, 0.05) is 18.1 Å². The summed E-state index contributed by atoms with van der Waals surface area (Å²) in [6.07, 6.45) is 0. The molecule has 2 N–H and O–H groups in total. The summed E-state index contributed by atoms with van der Waals surface area (Å²) < 4.78 is 38.8. The van der Waals surface area contributed by atoms with E-state index in [0.717, 1.165) is 12.1 Å². The number of rotatable bonds is 5. The summed E-state index contributed by atoms with van der Waals surface area (Å²) in [5.74, 6) is -0.818. The monoisotopic (exact) mass is 302 g/mol. The van der Waals surface area contributed by atoms with Crippen molar-refractivity contribution >= 4 is 34.0 Å². The molecule has 0 spiro atoms. The first-order valence-corrected chi connectivity index (χ1v) is 6.43. The highest BCUT2D eigenvalue weighted by atomic mass is 35.5. The average Bonchev–Trinajstić information content (AvgIpc) is 2.22. The molecule has 0 bridgehead atoms. The van der Waals surface area contributed by atoms with Gasteiger partial charge in [0.2, 0.25) is 10.0 Å². The molecule has 0 aromatic heterocycles. The molecular formula is C9H13Cl2FN2O2S. The molecule has 1 aromatic rings. The van der Waals surface area contributed by atoms with Crippen molar-refractivity contribution in [3.05, 3.63) is 29.0 Å². The summed E-state index contributed by atoms with van der Waals surface area (Å²) in [5, 5.41) is 2.95. The van der Waals surface area contributed by atoms with E-state index in [1.54, 1.807) is 7.05 Å². The molecule has 98 valence electrons. The molecule has 0 unspecified atom stereocenters. The van der Waals surface area contributed by atoms with E-state index in [-0.39, 0.29) is 24.0 Å². The third-order valence-electron chi connectivity index (χ3n) is 1.85. The standard InChI is InChI=1S/C9H12ClFN2O2S.ClH/c1-12-4-5-13-16(14,15)9-6-7(10)2-3-8(9)11;/h2-3,6,12-13H,4-5H2,1H3;1H. The van der Waals surface area contributed by atoms with Gasteiger partial charge in [-0.25, -0.2) is 17.5 Å². The summed E-state index contributed by atoms with van der Waals surface area (Å²) in [6.45, 7) is 0.645. The Kier molecular flexibility index (Phi) is 6.96. The molecule has 1 aromatic carbocycles. The predicted molar refractivity (Wildman–Crippen MR) is 67.8 cm³/mol. The van der Waals surface area contributed by atoms with E-state index in [4.69, 9.17) is 11.6 Å². The smallest absolute Gasteiger partial charge is 0.243 e. The Bertz CT molecular complexity index is 468. The third kappa shape index (κ3) is 4.77. The zero-order valence-corrected chi connectivity index (χ0v) is 11.4. The highest BCUT2D eigenvalue weighted by Crippen LogP contribution is 2.19. The molecule has 0 aliphatic carbocycles. The highest BCUT2D eigenvalue weighted by molar-refractivity contribution is 7.89. The molecule has 17 heavy (non-hydrogen) atoms. The van der Waals surface area contributed by atoms with Gasteiger partial charge in [-0.05, 0) is 25.2 Å². The van der Waals surface area contributed by atoms with E-state index in [0.29, 0.717) is 6.54 Å². The van der Waals surface area contributed by atoms with Crippen molar-refractivity contribution in [1.82, 2.24) is 10.0 Å². The van der Waals surface area contributed by atoms with Crippen LogP contribution in [0.5, 0.6) is 0 Å². The zero-order chi connectivity index (χ0) is 12.2. The second-order valence-corrected chi connectivity index (χ2v) is 5.25. The van der Waals surface area contributed by atoms with Crippen LogP contribution in [-0.4, -0.2) is 28.6 Å². The molecular weight excluding hydrogens is 290 g/mol. The van der Waals surface area contributed by atoms with Crippen molar-refractivity contribution in [2.75, 3.05) is 20.1 Å². The number of likely N-dealkylation sites (N-methyl/N-ethyl adjacent to an activating group) is 1. The maximum Gasteiger partial charge on any atom is 0.243 e. The first kappa shape index (κ1) is 16.6. The quantitative estimate of drug-likeness (QED) is 0.808. The van der Waals surface area contributed by atoms with Crippen molar-refractivity contribution in [3.63, 3.8) is 0 Å².